The van der Waals surface area contributed by atoms with Crippen LogP contribution in [0.1, 0.15) is 111 Å². The average Bonchev–Trinajstić information content (AvgIpc) is 3.34. The molecule has 0 bridgehead atoms. The van der Waals surface area contributed by atoms with Gasteiger partial charge in [0.2, 0.25) is 41.4 Å². The zero-order chi connectivity index (χ0) is 54.3. The number of hydrogen-bond donors (Lipinski definition) is 12. The molecule has 26 nitrogen and oxygen atoms in total. The van der Waals surface area contributed by atoms with E-state index >= 15 is 0 Å². The second kappa shape index (κ2) is 46.4. The SMILES string of the molecule is CCCC(=O)[C@H](CCCCNC(=O)CCCC(=O)NCCOCCOCC(=O)NCCOCCOCC(=O)NCCCC[C@H](NC)C(N)=O)NC(=O)CCCC(=O)NC(CNC(C)/C=N/O)CNC(C)/C=N/O. The van der Waals surface area contributed by atoms with E-state index < -0.39 is 11.9 Å². The molecule has 7 amide bonds. The first-order chi connectivity index (χ1) is 35.1. The number of ketones is 1. The van der Waals surface area contributed by atoms with Gasteiger partial charge < -0.3 is 82.9 Å². The van der Waals surface area contributed by atoms with Crippen LogP contribution in [0.3, 0.4) is 0 Å². The fourth-order valence-electron chi connectivity index (χ4n) is 6.66. The number of oxime groups is 2. The number of likely N-dealkylation sites (N-methyl/N-ethyl adjacent to an activating group) is 1. The van der Waals surface area contributed by atoms with Crippen molar-refractivity contribution >= 4 is 59.6 Å². The Morgan fingerprint density at radius 3 is 1.41 bits per heavy atom. The lowest BCUT2D eigenvalue weighted by molar-refractivity contribution is -0.128. The summed E-state index contributed by atoms with van der Waals surface area (Å²) in [6.45, 7) is 8.64. The Hall–Kier alpha value is -5.38. The lowest BCUT2D eigenvalue weighted by Crippen LogP contribution is -2.51. The molecular weight excluding hydrogens is 957 g/mol. The summed E-state index contributed by atoms with van der Waals surface area (Å²) in [5.41, 5.74) is 5.28. The first kappa shape index (κ1) is 67.6. The van der Waals surface area contributed by atoms with E-state index in [1.165, 1.54) is 12.4 Å². The number of nitrogens with zero attached hydrogens (tertiary/aromatic N) is 2. The molecule has 0 aromatic carbocycles. The summed E-state index contributed by atoms with van der Waals surface area (Å²) in [5, 5.41) is 49.4. The molecule has 0 radical (unpaired) electrons. The second-order valence-electron chi connectivity index (χ2n) is 17.2. The van der Waals surface area contributed by atoms with Gasteiger partial charge in [0.1, 0.15) is 13.2 Å². The van der Waals surface area contributed by atoms with Crippen LogP contribution in [0.5, 0.6) is 0 Å². The highest BCUT2D eigenvalue weighted by atomic mass is 16.5. The fraction of sp³-hybridized carbons (Fsp3) is 0.787. The first-order valence-electron chi connectivity index (χ1n) is 25.4. The standard InChI is InChI=1S/C47H88N12O14/c1-5-12-40(60)38(59-44(64)18-11-17-43(63)58-37(31-54-35(2)29-56-68)32-55-36(3)30-57-69)13-6-8-19-50-41(61)15-10-16-42(62)52-21-23-70-25-28-73-34-46(66)53-22-24-71-26-27-72-33-45(65)51-20-9-7-14-39(49-4)47(48)67/h29-30,35-39,49,54-55,68-69H,5-28,31-34H2,1-4H3,(H2,48,67)(H,50,61)(H,51,65)(H,52,62)(H,53,66)(H,58,63)(H,59,64)/b56-29+,57-30+/t35?,36?,37?,38-,39-/m0/s1. The quantitative estimate of drug-likeness (QED) is 0.0143. The topological polar surface area (TPSA) is 373 Å². The highest BCUT2D eigenvalue weighted by Gasteiger charge is 2.21. The number of hydrogen-bond acceptors (Lipinski definition) is 19. The molecule has 0 aliphatic heterocycles. The minimum absolute atomic E-state index is 0.0505. The highest BCUT2D eigenvalue weighted by molar-refractivity contribution is 5.89. The van der Waals surface area contributed by atoms with Crippen LogP contribution in [-0.2, 0) is 57.3 Å². The number of Topliss-reactive ketones (excluding diaryl/α,β-unsaturated/α-hetero) is 1. The van der Waals surface area contributed by atoms with Gasteiger partial charge >= 0.3 is 0 Å². The third-order valence-corrected chi connectivity index (χ3v) is 10.7. The van der Waals surface area contributed by atoms with Gasteiger partial charge in [-0.3, -0.25) is 38.4 Å². The molecule has 0 saturated heterocycles. The lowest BCUT2D eigenvalue weighted by Gasteiger charge is -2.22. The van der Waals surface area contributed by atoms with Crippen molar-refractivity contribution in [3.63, 3.8) is 0 Å². The predicted octanol–water partition coefficient (Wildman–Crippen LogP) is -1.51. The maximum atomic E-state index is 12.8. The van der Waals surface area contributed by atoms with Crippen molar-refractivity contribution < 1.29 is 67.7 Å². The van der Waals surface area contributed by atoms with Crippen molar-refractivity contribution in [2.45, 2.75) is 141 Å². The molecule has 0 aromatic rings. The van der Waals surface area contributed by atoms with E-state index in [-0.39, 0.29) is 163 Å². The predicted molar refractivity (Wildman–Crippen MR) is 272 cm³/mol. The highest BCUT2D eigenvalue weighted by Crippen LogP contribution is 2.08. The molecule has 26 heteroatoms. The largest absolute Gasteiger partial charge is 0.411 e. The molecule has 0 aliphatic rings. The van der Waals surface area contributed by atoms with Crippen molar-refractivity contribution in [1.29, 1.82) is 0 Å². The second-order valence-corrected chi connectivity index (χ2v) is 17.2. The minimum atomic E-state index is -0.672. The maximum Gasteiger partial charge on any atom is 0.246 e. The number of rotatable bonds is 49. The van der Waals surface area contributed by atoms with Crippen molar-refractivity contribution in [2.75, 3.05) is 99.2 Å². The molecule has 73 heavy (non-hydrogen) atoms. The summed E-state index contributed by atoms with van der Waals surface area (Å²) in [5.74, 6) is -2.06. The van der Waals surface area contributed by atoms with Crippen LogP contribution >= 0.6 is 0 Å². The fourth-order valence-corrected chi connectivity index (χ4v) is 6.66. The van der Waals surface area contributed by atoms with Gasteiger partial charge in [-0.1, -0.05) is 6.92 Å². The normalized spacial score (nSPS) is 13.4. The third kappa shape index (κ3) is 41.8. The smallest absolute Gasteiger partial charge is 0.246 e. The van der Waals surface area contributed by atoms with Gasteiger partial charge in [-0.25, -0.2) is 0 Å². The molecule has 4 atom stereocenters. The van der Waals surface area contributed by atoms with E-state index in [1.807, 2.05) is 6.92 Å². The van der Waals surface area contributed by atoms with E-state index in [0.29, 0.717) is 77.5 Å². The van der Waals surface area contributed by atoms with Crippen LogP contribution in [0, 0.1) is 0 Å². The van der Waals surface area contributed by atoms with Gasteiger partial charge in [0.25, 0.3) is 0 Å². The van der Waals surface area contributed by atoms with E-state index in [4.69, 9.17) is 35.1 Å². The Kier molecular flexibility index (Phi) is 43.0. The summed E-state index contributed by atoms with van der Waals surface area (Å²) >= 11 is 0. The molecule has 0 spiro atoms. The molecule has 420 valence electrons. The number of carbonyl (C=O) groups excluding carboxylic acids is 8. The number of nitrogens with two attached hydrogens (primary N) is 1. The Bertz CT molecular complexity index is 1590. The van der Waals surface area contributed by atoms with Gasteiger partial charge in [0, 0.05) is 83.5 Å². The van der Waals surface area contributed by atoms with Crippen LogP contribution in [0.2, 0.25) is 0 Å². The number of unbranched alkanes of at least 4 members (excludes halogenated alkanes) is 2. The molecule has 0 fully saturated rings. The summed E-state index contributed by atoms with van der Waals surface area (Å²) in [4.78, 5) is 97.9. The Labute approximate surface area is 430 Å². The number of nitrogens with one attached hydrogen (secondary N) is 9. The molecule has 0 aliphatic carbocycles. The molecule has 2 unspecified atom stereocenters. The monoisotopic (exact) mass is 1040 g/mol. The van der Waals surface area contributed by atoms with Gasteiger partial charge in [0.15, 0.2) is 5.78 Å². The van der Waals surface area contributed by atoms with Crippen molar-refractivity contribution in [1.82, 2.24) is 47.9 Å². The van der Waals surface area contributed by atoms with Gasteiger partial charge in [0.05, 0.1) is 70.2 Å². The van der Waals surface area contributed by atoms with Gasteiger partial charge in [-0.2, -0.15) is 0 Å². The van der Waals surface area contributed by atoms with E-state index in [2.05, 4.69) is 58.2 Å². The summed E-state index contributed by atoms with van der Waals surface area (Å²) in [7, 11) is 1.67. The molecule has 0 aromatic heterocycles. The van der Waals surface area contributed by atoms with E-state index in [1.54, 1.807) is 20.9 Å². The average molecular weight is 1050 g/mol. The summed E-state index contributed by atoms with van der Waals surface area (Å²) < 4.78 is 21.4. The Balaban J connectivity index is 4.06. The van der Waals surface area contributed by atoms with E-state index in [9.17, 15) is 38.4 Å². The molecule has 0 saturated carbocycles. The molecule has 0 heterocycles. The number of ether oxygens (including phenoxy) is 4. The van der Waals surface area contributed by atoms with Gasteiger partial charge in [-0.05, 0) is 78.7 Å². The Morgan fingerprint density at radius 2 is 0.945 bits per heavy atom. The molecule has 13 N–H and O–H groups in total. The van der Waals surface area contributed by atoms with Crippen molar-refractivity contribution in [3.05, 3.63) is 0 Å². The zero-order valence-electron chi connectivity index (χ0n) is 43.6. The van der Waals surface area contributed by atoms with Crippen LogP contribution in [0.4, 0.5) is 0 Å². The van der Waals surface area contributed by atoms with Crippen LogP contribution in [0.15, 0.2) is 10.3 Å². The molecular formula is C47H88N12O14. The first-order valence-corrected chi connectivity index (χ1v) is 25.4. The van der Waals surface area contributed by atoms with Crippen molar-refractivity contribution in [3.8, 4) is 0 Å². The van der Waals surface area contributed by atoms with Crippen molar-refractivity contribution in [2.24, 2.45) is 16.0 Å². The van der Waals surface area contributed by atoms with Gasteiger partial charge in [-0.15, -0.1) is 10.3 Å². The zero-order valence-corrected chi connectivity index (χ0v) is 43.6. The van der Waals surface area contributed by atoms with Crippen LogP contribution < -0.4 is 53.6 Å². The van der Waals surface area contributed by atoms with Crippen LogP contribution in [0.25, 0.3) is 0 Å². The number of amides is 7. The maximum absolute atomic E-state index is 12.8. The molecule has 0 rings (SSSR count). The van der Waals surface area contributed by atoms with E-state index in [0.717, 1.165) is 6.42 Å². The third-order valence-electron chi connectivity index (χ3n) is 10.7. The lowest BCUT2D eigenvalue weighted by atomic mass is 10.0. The number of primary amides is 1. The summed E-state index contributed by atoms with van der Waals surface area (Å²) in [6.07, 6.45) is 8.25. The number of carbonyl (C=O) groups is 8. The summed E-state index contributed by atoms with van der Waals surface area (Å²) in [6, 6.07) is -1.92. The minimum Gasteiger partial charge on any atom is -0.411 e. The van der Waals surface area contributed by atoms with Crippen LogP contribution in [-0.4, -0.2) is 199 Å². The Morgan fingerprint density at radius 1 is 0.521 bits per heavy atom.